The molecule has 1 aromatic heterocycles. The van der Waals surface area contributed by atoms with Gasteiger partial charge in [0.25, 0.3) is 0 Å². The van der Waals surface area contributed by atoms with E-state index >= 15 is 0 Å². The smallest absolute Gasteiger partial charge is 0.324 e. The highest BCUT2D eigenvalue weighted by molar-refractivity contribution is 6.09. The molecular weight excluding hydrogens is 402 g/mol. The molecule has 1 fully saturated rings. The van der Waals surface area contributed by atoms with Crippen LogP contribution in [0.5, 0.6) is 0 Å². The van der Waals surface area contributed by atoms with E-state index in [1.807, 2.05) is 19.2 Å². The normalized spacial score (nSPS) is 17.8. The lowest BCUT2D eigenvalue weighted by molar-refractivity contribution is 0.343. The van der Waals surface area contributed by atoms with E-state index in [-0.39, 0.29) is 11.7 Å². The highest BCUT2D eigenvalue weighted by atomic mass is 16.5. The van der Waals surface area contributed by atoms with Crippen molar-refractivity contribution in [3.05, 3.63) is 59.8 Å². The Morgan fingerprint density at radius 1 is 1.31 bits per heavy atom. The number of nitrogens with two attached hydrogens (primary N) is 2. The minimum atomic E-state index is -0.407. The highest BCUT2D eigenvalue weighted by Gasteiger charge is 2.38. The van der Waals surface area contributed by atoms with E-state index in [0.29, 0.717) is 17.9 Å². The summed E-state index contributed by atoms with van der Waals surface area (Å²) in [6, 6.07) is 9.35. The van der Waals surface area contributed by atoms with Crippen LogP contribution in [0, 0.1) is 5.92 Å². The molecule has 8 heteroatoms. The third kappa shape index (κ3) is 4.85. The van der Waals surface area contributed by atoms with Gasteiger partial charge in [0.05, 0.1) is 5.41 Å². The molecule has 2 heterocycles. The molecule has 1 unspecified atom stereocenters. The van der Waals surface area contributed by atoms with Crippen LogP contribution in [0.3, 0.4) is 0 Å². The van der Waals surface area contributed by atoms with Crippen molar-refractivity contribution in [2.45, 2.75) is 45.1 Å². The zero-order valence-corrected chi connectivity index (χ0v) is 19.5. The first-order valence-electron chi connectivity index (χ1n) is 11.1. The second-order valence-electron chi connectivity index (χ2n) is 8.76. The van der Waals surface area contributed by atoms with Crippen molar-refractivity contribution in [3.63, 3.8) is 0 Å². The van der Waals surface area contributed by atoms with Crippen LogP contribution in [0.4, 0.5) is 6.01 Å². The largest absolute Gasteiger partial charge is 0.404 e. The number of allylic oxidation sites excluding steroid dienone is 1. The van der Waals surface area contributed by atoms with Crippen molar-refractivity contribution in [2.75, 3.05) is 25.0 Å². The summed E-state index contributed by atoms with van der Waals surface area (Å²) >= 11 is 0. The van der Waals surface area contributed by atoms with Gasteiger partial charge in [0.2, 0.25) is 0 Å². The monoisotopic (exact) mass is 437 g/mol. The minimum Gasteiger partial charge on any atom is -0.404 e. The van der Waals surface area contributed by atoms with Gasteiger partial charge in [-0.2, -0.15) is 4.98 Å². The molecular formula is C24H35N7O. The first-order chi connectivity index (χ1) is 15.3. The minimum absolute atomic E-state index is 0.233. The summed E-state index contributed by atoms with van der Waals surface area (Å²) in [4.78, 5) is 11.1. The molecule has 5 N–H and O–H groups in total. The topological polar surface area (TPSA) is 119 Å². The molecule has 1 saturated heterocycles. The van der Waals surface area contributed by atoms with Crippen molar-refractivity contribution in [3.8, 4) is 0 Å². The Morgan fingerprint density at radius 3 is 2.50 bits per heavy atom. The standard InChI is InChI=1S/C24H35N7O/c1-16(2)24(4,20-8-6-18(7-9-20)19(14-25)15-28-17(3)26)22-29-23(32-30-22)31-12-10-21(27-5)11-13-31/h6-9,14-16,21,27H,3,10-13,25-26H2,1-2,4-5H3/b19-14+,28-15?. The van der Waals surface area contributed by atoms with Gasteiger partial charge < -0.3 is 26.2 Å². The van der Waals surface area contributed by atoms with Gasteiger partial charge >= 0.3 is 6.01 Å². The van der Waals surface area contributed by atoms with E-state index in [0.717, 1.165) is 42.6 Å². The van der Waals surface area contributed by atoms with Crippen LogP contribution in [-0.2, 0) is 5.41 Å². The summed E-state index contributed by atoms with van der Waals surface area (Å²) in [6.45, 7) is 11.9. The van der Waals surface area contributed by atoms with Crippen LogP contribution in [0.2, 0.25) is 0 Å². The summed E-state index contributed by atoms with van der Waals surface area (Å²) in [5.74, 6) is 1.18. The molecule has 2 aromatic rings. The van der Waals surface area contributed by atoms with Crippen LogP contribution >= 0.6 is 0 Å². The third-order valence-corrected chi connectivity index (χ3v) is 6.58. The van der Waals surface area contributed by atoms with Gasteiger partial charge in [-0.3, -0.25) is 0 Å². The van der Waals surface area contributed by atoms with Crippen molar-refractivity contribution in [1.29, 1.82) is 0 Å². The zero-order chi connectivity index (χ0) is 23.3. The maximum absolute atomic E-state index is 5.78. The molecule has 1 aliphatic rings. The van der Waals surface area contributed by atoms with Gasteiger partial charge in [-0.25, -0.2) is 4.99 Å². The number of aromatic nitrogens is 2. The quantitative estimate of drug-likeness (QED) is 0.543. The number of rotatable bonds is 8. The summed E-state index contributed by atoms with van der Waals surface area (Å²) in [5.41, 5.74) is 13.7. The number of aliphatic imine (C=N–C) groups is 1. The number of nitrogens with one attached hydrogen (secondary N) is 1. The number of piperidine rings is 1. The summed E-state index contributed by atoms with van der Waals surface area (Å²) in [5, 5.41) is 7.75. The van der Waals surface area contributed by atoms with Crippen LogP contribution < -0.4 is 21.7 Å². The van der Waals surface area contributed by atoms with Crippen LogP contribution in [-0.4, -0.2) is 42.5 Å². The first kappa shape index (κ1) is 23.5. The van der Waals surface area contributed by atoms with E-state index in [1.54, 1.807) is 6.21 Å². The predicted molar refractivity (Wildman–Crippen MR) is 130 cm³/mol. The molecule has 1 aromatic carbocycles. The van der Waals surface area contributed by atoms with Crippen LogP contribution in [0.25, 0.3) is 5.57 Å². The molecule has 172 valence electrons. The van der Waals surface area contributed by atoms with Gasteiger partial charge in [0.15, 0.2) is 5.82 Å². The molecule has 0 amide bonds. The van der Waals surface area contributed by atoms with Gasteiger partial charge in [-0.05, 0) is 43.9 Å². The number of benzene rings is 1. The van der Waals surface area contributed by atoms with E-state index in [2.05, 4.69) is 59.8 Å². The van der Waals surface area contributed by atoms with Crippen molar-refractivity contribution >= 4 is 17.8 Å². The fraction of sp³-hybridized carbons (Fsp3) is 0.458. The number of hydrogen-bond acceptors (Lipinski definition) is 8. The number of anilines is 1. The molecule has 32 heavy (non-hydrogen) atoms. The number of hydrogen-bond donors (Lipinski definition) is 3. The van der Waals surface area contributed by atoms with Gasteiger partial charge in [0.1, 0.15) is 5.82 Å². The second-order valence-corrected chi connectivity index (χ2v) is 8.76. The molecule has 0 bridgehead atoms. The van der Waals surface area contributed by atoms with E-state index in [9.17, 15) is 0 Å². The van der Waals surface area contributed by atoms with E-state index in [4.69, 9.17) is 21.0 Å². The molecule has 0 saturated carbocycles. The molecule has 1 aliphatic heterocycles. The fourth-order valence-corrected chi connectivity index (χ4v) is 4.01. The molecule has 0 radical (unpaired) electrons. The highest BCUT2D eigenvalue weighted by Crippen LogP contribution is 2.38. The predicted octanol–water partition coefficient (Wildman–Crippen LogP) is 3.02. The molecule has 8 nitrogen and oxygen atoms in total. The van der Waals surface area contributed by atoms with Crippen molar-refractivity contribution in [1.82, 2.24) is 15.5 Å². The van der Waals surface area contributed by atoms with E-state index in [1.165, 1.54) is 6.20 Å². The van der Waals surface area contributed by atoms with Gasteiger partial charge in [0, 0.05) is 37.1 Å². The Hall–Kier alpha value is -3.13. The summed E-state index contributed by atoms with van der Waals surface area (Å²) in [6.07, 6.45) is 5.25. The van der Waals surface area contributed by atoms with Gasteiger partial charge in [-0.1, -0.05) is 49.8 Å². The molecule has 3 rings (SSSR count). The first-order valence-corrected chi connectivity index (χ1v) is 11.1. The molecule has 1 atom stereocenters. The number of nitrogens with zero attached hydrogens (tertiary/aromatic N) is 4. The lowest BCUT2D eigenvalue weighted by Gasteiger charge is -2.32. The lowest BCUT2D eigenvalue weighted by atomic mass is 9.72. The SMILES string of the molecule is C=C(N)N=C/C(=C\N)c1ccc(C(C)(c2noc(N3CCC(NC)CC3)n2)C(C)C)cc1. The van der Waals surface area contributed by atoms with Crippen LogP contribution in [0.15, 0.2) is 52.4 Å². The Balaban J connectivity index is 1.86. The maximum atomic E-state index is 5.78. The second kappa shape index (κ2) is 9.99. The van der Waals surface area contributed by atoms with E-state index < -0.39 is 5.41 Å². The molecule has 0 spiro atoms. The zero-order valence-electron chi connectivity index (χ0n) is 19.5. The maximum Gasteiger partial charge on any atom is 0.324 e. The Morgan fingerprint density at radius 2 is 1.97 bits per heavy atom. The molecule has 0 aliphatic carbocycles. The summed E-state index contributed by atoms with van der Waals surface area (Å²) in [7, 11) is 2.01. The van der Waals surface area contributed by atoms with Crippen molar-refractivity contribution in [2.24, 2.45) is 22.4 Å². The average Bonchev–Trinajstić information content (AvgIpc) is 3.30. The third-order valence-electron chi connectivity index (χ3n) is 6.58. The summed E-state index contributed by atoms with van der Waals surface area (Å²) < 4.78 is 5.71. The fourth-order valence-electron chi connectivity index (χ4n) is 4.01. The van der Waals surface area contributed by atoms with Crippen molar-refractivity contribution < 1.29 is 4.52 Å². The lowest BCUT2D eigenvalue weighted by Crippen LogP contribution is -2.41. The Labute approximate surface area is 190 Å². The Kier molecular flexibility index (Phi) is 7.35. The van der Waals surface area contributed by atoms with Gasteiger partial charge in [-0.15, -0.1) is 0 Å². The Bertz CT molecular complexity index is 968. The van der Waals surface area contributed by atoms with Crippen LogP contribution in [0.1, 0.15) is 50.6 Å². The average molecular weight is 438 g/mol.